The van der Waals surface area contributed by atoms with E-state index in [0.29, 0.717) is 0 Å². The van der Waals surface area contributed by atoms with Gasteiger partial charge in [0.15, 0.2) is 0 Å². The van der Waals surface area contributed by atoms with E-state index in [1.54, 1.807) is 18.2 Å². The van der Waals surface area contributed by atoms with Crippen LogP contribution in [0.2, 0.25) is 0 Å². The van der Waals surface area contributed by atoms with Gasteiger partial charge in [-0.15, -0.1) is 0 Å². The summed E-state index contributed by atoms with van der Waals surface area (Å²) in [4.78, 5) is 33.8. The zero-order valence-electron chi connectivity index (χ0n) is 9.43. The minimum absolute atomic E-state index is 0.152. The standard InChI is InChI=1S/C12H12FNO4/c13-7-6-9(12(17)18)14-11(16)10(15)8-4-2-1-3-5-8/h1-5,9H,6-7H2,(H,14,16)(H,17,18)/t9-/m0/s1. The molecule has 2 N–H and O–H groups in total. The lowest BCUT2D eigenvalue weighted by Crippen LogP contribution is -2.44. The van der Waals surface area contributed by atoms with Gasteiger partial charge in [0, 0.05) is 12.0 Å². The van der Waals surface area contributed by atoms with Gasteiger partial charge >= 0.3 is 5.97 Å². The van der Waals surface area contributed by atoms with Gasteiger partial charge in [-0.05, 0) is 0 Å². The molecule has 1 rings (SSSR count). The van der Waals surface area contributed by atoms with E-state index in [1.807, 2.05) is 5.32 Å². The molecule has 96 valence electrons. The van der Waals surface area contributed by atoms with Crippen LogP contribution in [0.4, 0.5) is 4.39 Å². The maximum absolute atomic E-state index is 12.1. The van der Waals surface area contributed by atoms with Gasteiger partial charge in [-0.3, -0.25) is 14.0 Å². The van der Waals surface area contributed by atoms with Crippen molar-refractivity contribution in [1.29, 1.82) is 0 Å². The largest absolute Gasteiger partial charge is 0.480 e. The molecule has 0 fully saturated rings. The molecule has 0 aliphatic carbocycles. The molecule has 1 aromatic carbocycles. The molecule has 0 radical (unpaired) electrons. The van der Waals surface area contributed by atoms with Crippen LogP contribution in [0.25, 0.3) is 0 Å². The lowest BCUT2D eigenvalue weighted by Gasteiger charge is -2.11. The molecule has 0 aliphatic heterocycles. The number of carboxylic acids is 1. The van der Waals surface area contributed by atoms with Crippen LogP contribution in [-0.4, -0.2) is 35.5 Å². The average Bonchev–Trinajstić information content (AvgIpc) is 2.38. The van der Waals surface area contributed by atoms with Gasteiger partial charge in [-0.25, -0.2) is 4.79 Å². The first-order valence-electron chi connectivity index (χ1n) is 5.25. The van der Waals surface area contributed by atoms with Crippen molar-refractivity contribution in [2.75, 3.05) is 6.67 Å². The highest BCUT2D eigenvalue weighted by molar-refractivity contribution is 6.43. The number of rotatable bonds is 6. The third kappa shape index (κ3) is 3.65. The fourth-order valence-corrected chi connectivity index (χ4v) is 1.31. The highest BCUT2D eigenvalue weighted by Crippen LogP contribution is 2.01. The normalized spacial score (nSPS) is 11.6. The second-order valence-electron chi connectivity index (χ2n) is 3.54. The van der Waals surface area contributed by atoms with E-state index >= 15 is 0 Å². The van der Waals surface area contributed by atoms with E-state index < -0.39 is 30.4 Å². The van der Waals surface area contributed by atoms with Crippen LogP contribution < -0.4 is 5.32 Å². The van der Waals surface area contributed by atoms with E-state index in [2.05, 4.69) is 0 Å². The molecular formula is C12H12FNO4. The number of halogens is 1. The first kappa shape index (κ1) is 13.8. The lowest BCUT2D eigenvalue weighted by molar-refractivity contribution is -0.141. The summed E-state index contributed by atoms with van der Waals surface area (Å²) in [5.41, 5.74) is 0.152. The van der Waals surface area contributed by atoms with Crippen LogP contribution in [0.5, 0.6) is 0 Å². The van der Waals surface area contributed by atoms with Crippen LogP contribution in [-0.2, 0) is 9.59 Å². The Labute approximate surface area is 103 Å². The monoisotopic (exact) mass is 253 g/mol. The van der Waals surface area contributed by atoms with Crippen LogP contribution in [0.15, 0.2) is 30.3 Å². The Bertz CT molecular complexity index is 447. The fourth-order valence-electron chi connectivity index (χ4n) is 1.31. The highest BCUT2D eigenvalue weighted by Gasteiger charge is 2.24. The molecule has 0 aromatic heterocycles. The summed E-state index contributed by atoms with van der Waals surface area (Å²) in [6, 6.07) is 6.32. The summed E-state index contributed by atoms with van der Waals surface area (Å²) in [5.74, 6) is -3.27. The molecule has 0 saturated carbocycles. The van der Waals surface area contributed by atoms with Crippen molar-refractivity contribution in [3.63, 3.8) is 0 Å². The molecule has 1 amide bonds. The molecule has 18 heavy (non-hydrogen) atoms. The molecule has 0 unspecified atom stereocenters. The predicted molar refractivity (Wildman–Crippen MR) is 60.9 cm³/mol. The number of alkyl halides is 1. The van der Waals surface area contributed by atoms with Crippen molar-refractivity contribution >= 4 is 17.7 Å². The maximum Gasteiger partial charge on any atom is 0.326 e. The molecular weight excluding hydrogens is 241 g/mol. The van der Waals surface area contributed by atoms with Crippen molar-refractivity contribution in [2.45, 2.75) is 12.5 Å². The highest BCUT2D eigenvalue weighted by atomic mass is 19.1. The Kier molecular flexibility index (Phi) is 4.98. The Morgan fingerprint density at radius 3 is 2.33 bits per heavy atom. The summed E-state index contributed by atoms with van der Waals surface area (Å²) in [6.07, 6.45) is -0.372. The Morgan fingerprint density at radius 2 is 1.83 bits per heavy atom. The fraction of sp³-hybridized carbons (Fsp3) is 0.250. The van der Waals surface area contributed by atoms with Gasteiger partial charge in [0.1, 0.15) is 6.04 Å². The zero-order chi connectivity index (χ0) is 13.5. The Balaban J connectivity index is 2.70. The first-order chi connectivity index (χ1) is 8.56. The summed E-state index contributed by atoms with van der Waals surface area (Å²) >= 11 is 0. The van der Waals surface area contributed by atoms with Crippen LogP contribution in [0.3, 0.4) is 0 Å². The zero-order valence-corrected chi connectivity index (χ0v) is 9.43. The number of ketones is 1. The van der Waals surface area contributed by atoms with E-state index in [9.17, 15) is 18.8 Å². The number of benzene rings is 1. The number of amides is 1. The van der Waals surface area contributed by atoms with Gasteiger partial charge in [0.05, 0.1) is 6.67 Å². The second-order valence-corrected chi connectivity index (χ2v) is 3.54. The van der Waals surface area contributed by atoms with Crippen LogP contribution >= 0.6 is 0 Å². The third-order valence-electron chi connectivity index (χ3n) is 2.24. The molecule has 5 nitrogen and oxygen atoms in total. The molecule has 1 atom stereocenters. The van der Waals surface area contributed by atoms with Crippen molar-refractivity contribution in [1.82, 2.24) is 5.32 Å². The number of hydrogen-bond donors (Lipinski definition) is 2. The molecule has 0 bridgehead atoms. The number of nitrogens with one attached hydrogen (secondary N) is 1. The van der Waals surface area contributed by atoms with Gasteiger partial charge in [-0.1, -0.05) is 30.3 Å². The van der Waals surface area contributed by atoms with E-state index in [-0.39, 0.29) is 12.0 Å². The summed E-state index contributed by atoms with van der Waals surface area (Å²) < 4.78 is 12.1. The predicted octanol–water partition coefficient (Wildman–Crippen LogP) is 0.798. The Morgan fingerprint density at radius 1 is 1.22 bits per heavy atom. The van der Waals surface area contributed by atoms with Gasteiger partial charge < -0.3 is 10.4 Å². The minimum atomic E-state index is -1.39. The Hall–Kier alpha value is -2.24. The van der Waals surface area contributed by atoms with E-state index in [0.717, 1.165) is 0 Å². The quantitative estimate of drug-likeness (QED) is 0.580. The van der Waals surface area contributed by atoms with Crippen molar-refractivity contribution < 1.29 is 23.9 Å². The third-order valence-corrected chi connectivity index (χ3v) is 2.24. The van der Waals surface area contributed by atoms with Crippen molar-refractivity contribution in [3.8, 4) is 0 Å². The molecule has 1 aromatic rings. The summed E-state index contributed by atoms with van der Waals surface area (Å²) in [6.45, 7) is -0.892. The maximum atomic E-state index is 12.1. The second kappa shape index (κ2) is 6.48. The van der Waals surface area contributed by atoms with Crippen molar-refractivity contribution in [2.24, 2.45) is 0 Å². The number of hydrogen-bond acceptors (Lipinski definition) is 3. The number of carboxylic acid groups (broad SMARTS) is 1. The lowest BCUT2D eigenvalue weighted by atomic mass is 10.1. The van der Waals surface area contributed by atoms with Gasteiger partial charge in [0.2, 0.25) is 5.78 Å². The molecule has 0 saturated heterocycles. The SMILES string of the molecule is O=C(N[C@@H](CCF)C(=O)O)C(=O)c1ccccc1. The van der Waals surface area contributed by atoms with E-state index in [4.69, 9.17) is 5.11 Å². The number of carbonyl (C=O) groups excluding carboxylic acids is 2. The summed E-state index contributed by atoms with van der Waals surface area (Å²) in [5, 5.41) is 10.7. The van der Waals surface area contributed by atoms with Gasteiger partial charge in [-0.2, -0.15) is 0 Å². The molecule has 0 spiro atoms. The number of carbonyl (C=O) groups is 3. The molecule has 0 aliphatic rings. The molecule has 6 heteroatoms. The van der Waals surface area contributed by atoms with E-state index in [1.165, 1.54) is 12.1 Å². The topological polar surface area (TPSA) is 83.5 Å². The number of Topliss-reactive ketones (excluding diaryl/α,β-unsaturated/α-hetero) is 1. The first-order valence-corrected chi connectivity index (χ1v) is 5.25. The van der Waals surface area contributed by atoms with Crippen LogP contribution in [0, 0.1) is 0 Å². The average molecular weight is 253 g/mol. The minimum Gasteiger partial charge on any atom is -0.480 e. The van der Waals surface area contributed by atoms with Crippen LogP contribution in [0.1, 0.15) is 16.8 Å². The smallest absolute Gasteiger partial charge is 0.326 e. The van der Waals surface area contributed by atoms with Gasteiger partial charge in [0.25, 0.3) is 5.91 Å². The van der Waals surface area contributed by atoms with Crippen molar-refractivity contribution in [3.05, 3.63) is 35.9 Å². The summed E-state index contributed by atoms with van der Waals surface area (Å²) in [7, 11) is 0. The number of aliphatic carboxylic acids is 1. The molecule has 0 heterocycles.